The summed E-state index contributed by atoms with van der Waals surface area (Å²) in [6.07, 6.45) is 7.15. The molecule has 0 amide bonds. The van der Waals surface area contributed by atoms with Crippen LogP contribution < -0.4 is 4.74 Å². The van der Waals surface area contributed by atoms with Crippen molar-refractivity contribution in [1.82, 2.24) is 0 Å². The number of hydrogen-bond donors (Lipinski definition) is 0. The average molecular weight is 333 g/mol. The number of halogens is 2. The standard InChI is InChI=1S/C16H4Cl2O3.9H2/c1-2-3-4-5-6-7-8-21-14-10-12(15(17)19)9-13(11-14)16(18)20;;;;;;;;;/h1,9-11H;9*1H. The van der Waals surface area contributed by atoms with E-state index in [0.29, 0.717) is 0 Å². The number of carbonyl (C=O) groups is 2. The van der Waals surface area contributed by atoms with Gasteiger partial charge >= 0.3 is 0 Å². The normalized spacial score (nSPS) is 7.67. The molecule has 21 heavy (non-hydrogen) atoms. The highest BCUT2D eigenvalue weighted by atomic mass is 35.5. The van der Waals surface area contributed by atoms with Crippen molar-refractivity contribution >= 4 is 33.7 Å². The maximum Gasteiger partial charge on any atom is 0.252 e. The molecule has 0 unspecified atom stereocenters. The average Bonchev–Trinajstić information content (AvgIpc) is 2.46. The van der Waals surface area contributed by atoms with Gasteiger partial charge in [-0.15, -0.1) is 6.42 Å². The van der Waals surface area contributed by atoms with Gasteiger partial charge in [-0.1, -0.05) is 0 Å². The monoisotopic (exact) mass is 332 g/mol. The fraction of sp³-hybridized carbons (Fsp3) is 0. The van der Waals surface area contributed by atoms with Gasteiger partial charge in [-0.25, -0.2) is 0 Å². The highest BCUT2D eigenvalue weighted by Crippen LogP contribution is 2.20. The van der Waals surface area contributed by atoms with E-state index in [4.69, 9.17) is 34.4 Å². The molecule has 1 aromatic rings. The van der Waals surface area contributed by atoms with Crippen LogP contribution in [0, 0.1) is 48.1 Å². The minimum atomic E-state index is -0.753. The van der Waals surface area contributed by atoms with Gasteiger partial charge in [0.15, 0.2) is 0 Å². The third-order valence-electron chi connectivity index (χ3n) is 1.90. The van der Waals surface area contributed by atoms with E-state index in [2.05, 4.69) is 41.6 Å². The molecule has 0 aromatic heterocycles. The first-order valence-electron chi connectivity index (χ1n) is 5.22. The summed E-state index contributed by atoms with van der Waals surface area (Å²) in [6, 6.07) is 3.89. The summed E-state index contributed by atoms with van der Waals surface area (Å²) in [5, 5.41) is -1.51. The Morgan fingerprint density at radius 3 is 2.00 bits per heavy atom. The van der Waals surface area contributed by atoms with Crippen LogP contribution in [-0.4, -0.2) is 10.5 Å². The van der Waals surface area contributed by atoms with E-state index in [1.165, 1.54) is 18.2 Å². The van der Waals surface area contributed by atoms with E-state index >= 15 is 0 Å². The van der Waals surface area contributed by atoms with E-state index in [0.717, 1.165) is 0 Å². The third-order valence-corrected chi connectivity index (χ3v) is 2.34. The molecule has 0 aliphatic carbocycles. The topological polar surface area (TPSA) is 43.4 Å². The van der Waals surface area contributed by atoms with E-state index < -0.39 is 10.5 Å². The van der Waals surface area contributed by atoms with Crippen LogP contribution in [0.1, 0.15) is 33.6 Å². The third kappa shape index (κ3) is 5.78. The molecule has 0 saturated heterocycles. The molecule has 0 heterocycles. The maximum absolute atomic E-state index is 11.1. The van der Waals surface area contributed by atoms with Crippen LogP contribution in [0.2, 0.25) is 0 Å². The molecule has 0 aliphatic heterocycles. The maximum atomic E-state index is 11.1. The molecule has 1 rings (SSSR count). The predicted octanol–water partition coefficient (Wildman–Crippen LogP) is 4.64. The van der Waals surface area contributed by atoms with Crippen molar-refractivity contribution in [3.05, 3.63) is 29.3 Å². The van der Waals surface area contributed by atoms with Gasteiger partial charge in [0.25, 0.3) is 10.5 Å². The summed E-state index contributed by atoms with van der Waals surface area (Å²) in [5.41, 5.74) is 0.122. The Bertz CT molecular complexity index is 807. The second-order valence-electron chi connectivity index (χ2n) is 3.27. The Hall–Kier alpha value is -2.82. The number of ether oxygens (including phenoxy) is 1. The second kappa shape index (κ2) is 8.37. The van der Waals surface area contributed by atoms with Gasteiger partial charge in [-0.2, -0.15) is 0 Å². The molecular formula is C16H22Cl2O3. The zero-order valence-electron chi connectivity index (χ0n) is 10.3. The second-order valence-corrected chi connectivity index (χ2v) is 3.95. The summed E-state index contributed by atoms with van der Waals surface area (Å²) >= 11 is 10.7. The van der Waals surface area contributed by atoms with Crippen LogP contribution in [0.5, 0.6) is 5.75 Å². The molecular weight excluding hydrogens is 311 g/mol. The van der Waals surface area contributed by atoms with Gasteiger partial charge < -0.3 is 4.74 Å². The zero-order chi connectivity index (χ0) is 15.7. The first kappa shape index (κ1) is 16.2. The van der Waals surface area contributed by atoms with Crippen LogP contribution >= 0.6 is 23.2 Å². The molecule has 0 spiro atoms. The van der Waals surface area contributed by atoms with Gasteiger partial charge in [0.2, 0.25) is 0 Å². The highest BCUT2D eigenvalue weighted by molar-refractivity contribution is 6.69. The van der Waals surface area contributed by atoms with Gasteiger partial charge in [0.1, 0.15) is 11.9 Å². The lowest BCUT2D eigenvalue weighted by atomic mass is 10.1. The van der Waals surface area contributed by atoms with E-state index in [1.807, 2.05) is 0 Å². The number of carbonyl (C=O) groups excluding carboxylic acids is 2. The largest absolute Gasteiger partial charge is 0.407 e. The molecule has 0 bridgehead atoms. The van der Waals surface area contributed by atoms with Crippen molar-refractivity contribution < 1.29 is 27.2 Å². The summed E-state index contributed by atoms with van der Waals surface area (Å²) in [5.74, 6) is 14.0. The summed E-state index contributed by atoms with van der Waals surface area (Å²) in [6.45, 7) is 0. The molecule has 118 valence electrons. The quantitative estimate of drug-likeness (QED) is 0.598. The van der Waals surface area contributed by atoms with Crippen LogP contribution in [0.25, 0.3) is 0 Å². The van der Waals surface area contributed by atoms with Crippen molar-refractivity contribution in [2.24, 2.45) is 0 Å². The van der Waals surface area contributed by atoms with Crippen molar-refractivity contribution in [3.8, 4) is 53.8 Å². The van der Waals surface area contributed by atoms with Crippen LogP contribution in [-0.2, 0) is 0 Å². The molecule has 0 aliphatic rings. The van der Waals surface area contributed by atoms with Crippen LogP contribution in [0.3, 0.4) is 0 Å². The number of hydrogen-bond acceptors (Lipinski definition) is 3. The number of terminal acetylenes is 1. The molecule has 3 nitrogen and oxygen atoms in total. The molecule has 5 heteroatoms. The lowest BCUT2D eigenvalue weighted by Gasteiger charge is -2.02. The fourth-order valence-electron chi connectivity index (χ4n) is 1.12. The van der Waals surface area contributed by atoms with E-state index in [-0.39, 0.29) is 29.7 Å². The molecule has 0 atom stereocenters. The lowest BCUT2D eigenvalue weighted by molar-refractivity contribution is 0.108. The van der Waals surface area contributed by atoms with Crippen LogP contribution in [0.15, 0.2) is 18.2 Å². The minimum absolute atomic E-state index is 0. The number of rotatable bonds is 3. The fourth-order valence-corrected chi connectivity index (χ4v) is 1.34. The summed E-state index contributed by atoms with van der Waals surface area (Å²) in [4.78, 5) is 22.2. The molecule has 0 fully saturated rings. The van der Waals surface area contributed by atoms with Gasteiger partial charge in [-0.3, -0.25) is 9.59 Å². The minimum Gasteiger partial charge on any atom is -0.407 e. The van der Waals surface area contributed by atoms with Gasteiger partial charge in [0.05, 0.1) is 0 Å². The van der Waals surface area contributed by atoms with Gasteiger partial charge in [0, 0.05) is 41.7 Å². The van der Waals surface area contributed by atoms with E-state index in [1.54, 1.807) is 0 Å². The Morgan fingerprint density at radius 2 is 1.48 bits per heavy atom. The smallest absolute Gasteiger partial charge is 0.252 e. The summed E-state index contributed by atoms with van der Waals surface area (Å²) in [7, 11) is 0. The van der Waals surface area contributed by atoms with Crippen molar-refractivity contribution in [1.29, 1.82) is 0 Å². The molecule has 1 aromatic carbocycles. The Morgan fingerprint density at radius 1 is 0.952 bits per heavy atom. The first-order valence-corrected chi connectivity index (χ1v) is 5.97. The molecule has 0 N–H and O–H groups in total. The molecule has 0 radical (unpaired) electrons. The Balaban J connectivity index is -0.0000000700. The van der Waals surface area contributed by atoms with Crippen molar-refractivity contribution in [3.63, 3.8) is 0 Å². The molecule has 0 saturated carbocycles. The Kier molecular flexibility index (Phi) is 6.47. The summed E-state index contributed by atoms with van der Waals surface area (Å²) < 4.78 is 5.02. The van der Waals surface area contributed by atoms with Gasteiger partial charge in [-0.05, 0) is 59.2 Å². The van der Waals surface area contributed by atoms with Crippen molar-refractivity contribution in [2.45, 2.75) is 0 Å². The predicted molar refractivity (Wildman–Crippen MR) is 98.6 cm³/mol. The van der Waals surface area contributed by atoms with Crippen LogP contribution in [0.4, 0.5) is 0 Å². The van der Waals surface area contributed by atoms with E-state index in [9.17, 15) is 9.59 Å². The SMILES string of the molecule is C#CC#CC#CC#COc1cc(C(=O)Cl)cc(C(=O)Cl)c1.[HH].[HH].[HH].[HH].[HH].[HH].[HH].[HH].[HH]. The lowest BCUT2D eigenvalue weighted by Crippen LogP contribution is -1.97. The number of benzene rings is 1. The zero-order valence-corrected chi connectivity index (χ0v) is 11.8. The Labute approximate surface area is 144 Å². The highest BCUT2D eigenvalue weighted by Gasteiger charge is 2.10. The first-order chi connectivity index (χ1) is 10.0. The van der Waals surface area contributed by atoms with Crippen molar-refractivity contribution in [2.75, 3.05) is 0 Å².